The quantitative estimate of drug-likeness (QED) is 0.204. The van der Waals surface area contributed by atoms with E-state index in [1.807, 2.05) is 79.7 Å². The van der Waals surface area contributed by atoms with Crippen LogP contribution in [0.3, 0.4) is 0 Å². The average Bonchev–Trinajstić information content (AvgIpc) is 3.30. The van der Waals surface area contributed by atoms with Gasteiger partial charge in [-0.25, -0.2) is 9.79 Å². The van der Waals surface area contributed by atoms with Gasteiger partial charge < -0.3 is 19.1 Å². The maximum atomic E-state index is 14.0. The van der Waals surface area contributed by atoms with E-state index in [1.165, 1.54) is 11.3 Å². The Morgan fingerprint density at radius 3 is 2.48 bits per heavy atom. The zero-order valence-corrected chi connectivity index (χ0v) is 28.0. The van der Waals surface area contributed by atoms with Crippen LogP contribution in [0, 0.1) is 0 Å². The van der Waals surface area contributed by atoms with E-state index in [4.69, 9.17) is 25.8 Å². The molecule has 0 saturated heterocycles. The number of benzene rings is 3. The SMILES string of the molecule is CCOC(=O)C1=C(C)N=c2s/c(=C/c3cc(Br)c(OCc4ccc(Cl)cc4)c(OC)c3)c(=O)n2C1c1ccc(N(C)C)cc1. The van der Waals surface area contributed by atoms with Gasteiger partial charge in [0, 0.05) is 24.8 Å². The maximum absolute atomic E-state index is 14.0. The van der Waals surface area contributed by atoms with Crippen LogP contribution < -0.4 is 29.3 Å². The molecule has 0 radical (unpaired) electrons. The largest absolute Gasteiger partial charge is 0.493 e. The number of esters is 1. The third-order valence-electron chi connectivity index (χ3n) is 7.09. The van der Waals surface area contributed by atoms with E-state index in [-0.39, 0.29) is 12.2 Å². The Labute approximate surface area is 272 Å². The van der Waals surface area contributed by atoms with Crippen LogP contribution in [0.2, 0.25) is 5.02 Å². The number of fused-ring (bicyclic) bond motifs is 1. The fourth-order valence-corrected chi connectivity index (χ4v) is 6.66. The monoisotopic (exact) mass is 695 g/mol. The van der Waals surface area contributed by atoms with Crippen molar-refractivity contribution in [3.05, 3.63) is 118 Å². The summed E-state index contributed by atoms with van der Waals surface area (Å²) in [6.45, 7) is 4.06. The van der Waals surface area contributed by atoms with Crippen LogP contribution in [0.1, 0.15) is 36.6 Å². The number of rotatable bonds is 9. The number of carbonyl (C=O) groups is 1. The molecule has 0 aliphatic carbocycles. The second kappa shape index (κ2) is 13.4. The van der Waals surface area contributed by atoms with Crippen molar-refractivity contribution < 1.29 is 19.0 Å². The lowest BCUT2D eigenvalue weighted by Crippen LogP contribution is -2.39. The first-order valence-electron chi connectivity index (χ1n) is 13.8. The molecule has 0 spiro atoms. The van der Waals surface area contributed by atoms with Gasteiger partial charge in [0.15, 0.2) is 16.3 Å². The first kappa shape index (κ1) is 31.6. The van der Waals surface area contributed by atoms with Crippen molar-refractivity contribution in [2.45, 2.75) is 26.5 Å². The molecule has 5 rings (SSSR count). The van der Waals surface area contributed by atoms with Gasteiger partial charge in [0.2, 0.25) is 0 Å². The summed E-state index contributed by atoms with van der Waals surface area (Å²) >= 11 is 10.9. The van der Waals surface area contributed by atoms with E-state index in [9.17, 15) is 9.59 Å². The maximum Gasteiger partial charge on any atom is 0.338 e. The van der Waals surface area contributed by atoms with Crippen LogP contribution in [-0.4, -0.2) is 38.3 Å². The summed E-state index contributed by atoms with van der Waals surface area (Å²) in [5.41, 5.74) is 4.07. The summed E-state index contributed by atoms with van der Waals surface area (Å²) in [4.78, 5) is 34.4. The summed E-state index contributed by atoms with van der Waals surface area (Å²) in [6, 6.07) is 18.2. The van der Waals surface area contributed by atoms with Crippen molar-refractivity contribution in [2.75, 3.05) is 32.7 Å². The summed E-state index contributed by atoms with van der Waals surface area (Å²) < 4.78 is 19.8. The Kier molecular flexibility index (Phi) is 9.62. The van der Waals surface area contributed by atoms with Crippen molar-refractivity contribution in [3.63, 3.8) is 0 Å². The molecule has 1 aromatic heterocycles. The fourth-order valence-electron chi connectivity index (χ4n) is 4.91. The zero-order chi connectivity index (χ0) is 31.5. The van der Waals surface area contributed by atoms with Gasteiger partial charge in [0.1, 0.15) is 6.61 Å². The van der Waals surface area contributed by atoms with E-state index < -0.39 is 12.0 Å². The molecule has 1 atom stereocenters. The Bertz CT molecular complexity index is 1910. The molecular weight excluding hydrogens is 666 g/mol. The first-order chi connectivity index (χ1) is 21.1. The lowest BCUT2D eigenvalue weighted by molar-refractivity contribution is -0.139. The number of ether oxygens (including phenoxy) is 3. The molecule has 8 nitrogen and oxygen atoms in total. The number of carbonyl (C=O) groups excluding carboxylic acids is 1. The molecule has 1 aliphatic rings. The van der Waals surface area contributed by atoms with Gasteiger partial charge in [-0.2, -0.15) is 0 Å². The minimum Gasteiger partial charge on any atom is -0.493 e. The molecule has 4 aromatic rings. The number of hydrogen-bond donors (Lipinski definition) is 0. The van der Waals surface area contributed by atoms with Gasteiger partial charge in [0.05, 0.1) is 40.0 Å². The highest BCUT2D eigenvalue weighted by molar-refractivity contribution is 9.10. The molecule has 11 heteroatoms. The first-order valence-corrected chi connectivity index (χ1v) is 15.8. The predicted molar refractivity (Wildman–Crippen MR) is 178 cm³/mol. The van der Waals surface area contributed by atoms with Crippen LogP contribution in [0.5, 0.6) is 11.5 Å². The number of allylic oxidation sites excluding steroid dienone is 1. The molecule has 228 valence electrons. The third-order valence-corrected chi connectivity index (χ3v) is 8.91. The molecule has 0 fully saturated rings. The smallest absolute Gasteiger partial charge is 0.338 e. The van der Waals surface area contributed by atoms with Crippen molar-refractivity contribution in [3.8, 4) is 11.5 Å². The van der Waals surface area contributed by atoms with E-state index >= 15 is 0 Å². The van der Waals surface area contributed by atoms with Crippen LogP contribution >= 0.6 is 38.9 Å². The lowest BCUT2D eigenvalue weighted by Gasteiger charge is -2.25. The van der Waals surface area contributed by atoms with E-state index in [2.05, 4.69) is 20.9 Å². The van der Waals surface area contributed by atoms with Gasteiger partial charge in [-0.3, -0.25) is 9.36 Å². The highest BCUT2D eigenvalue weighted by Gasteiger charge is 2.33. The number of nitrogens with zero attached hydrogens (tertiary/aromatic N) is 3. The van der Waals surface area contributed by atoms with Crippen molar-refractivity contribution in [2.24, 2.45) is 4.99 Å². The fraction of sp³-hybridized carbons (Fsp3) is 0.242. The summed E-state index contributed by atoms with van der Waals surface area (Å²) in [5, 5.41) is 0.656. The standard InChI is InChI=1S/C33H31BrClN3O5S/c1-6-42-32(40)28-19(2)36-33-38(29(28)22-9-13-24(14-10-22)37(3)4)31(39)27(44-33)17-21-15-25(34)30(26(16-21)41-5)43-18-20-7-11-23(35)12-8-20/h7-17,29H,6,18H2,1-5H3/b27-17+. The second-order valence-electron chi connectivity index (χ2n) is 10.2. The van der Waals surface area contributed by atoms with Gasteiger partial charge in [0.25, 0.3) is 5.56 Å². The minimum atomic E-state index is -0.687. The summed E-state index contributed by atoms with van der Waals surface area (Å²) in [7, 11) is 5.48. The Morgan fingerprint density at radius 1 is 1.14 bits per heavy atom. The van der Waals surface area contributed by atoms with Gasteiger partial charge >= 0.3 is 5.97 Å². The van der Waals surface area contributed by atoms with E-state index in [1.54, 1.807) is 31.6 Å². The Morgan fingerprint density at radius 2 is 1.84 bits per heavy atom. The minimum absolute atomic E-state index is 0.211. The highest BCUT2D eigenvalue weighted by atomic mass is 79.9. The van der Waals surface area contributed by atoms with Crippen molar-refractivity contribution in [1.29, 1.82) is 0 Å². The van der Waals surface area contributed by atoms with E-state index in [0.717, 1.165) is 22.4 Å². The number of aromatic nitrogens is 1. The third kappa shape index (κ3) is 6.47. The molecule has 2 heterocycles. The van der Waals surface area contributed by atoms with Gasteiger partial charge in [-0.15, -0.1) is 0 Å². The second-order valence-corrected chi connectivity index (χ2v) is 12.5. The number of hydrogen-bond acceptors (Lipinski definition) is 8. The van der Waals surface area contributed by atoms with Crippen molar-refractivity contribution >= 4 is 56.6 Å². The zero-order valence-electron chi connectivity index (χ0n) is 24.9. The van der Waals surface area contributed by atoms with Gasteiger partial charge in [-0.05, 0) is 88.9 Å². The van der Waals surface area contributed by atoms with Gasteiger partial charge in [-0.1, -0.05) is 47.2 Å². The Hall–Kier alpha value is -3.86. The van der Waals surface area contributed by atoms with Crippen LogP contribution in [0.4, 0.5) is 5.69 Å². The number of anilines is 1. The van der Waals surface area contributed by atoms with Crippen LogP contribution in [-0.2, 0) is 16.1 Å². The highest BCUT2D eigenvalue weighted by Crippen LogP contribution is 2.37. The molecule has 0 N–H and O–H groups in total. The topological polar surface area (TPSA) is 82.4 Å². The average molecular weight is 697 g/mol. The lowest BCUT2D eigenvalue weighted by atomic mass is 9.95. The Balaban J connectivity index is 1.57. The number of thiazole rings is 1. The molecule has 0 amide bonds. The number of halogens is 2. The van der Waals surface area contributed by atoms with Crippen LogP contribution in [0.15, 0.2) is 86.2 Å². The predicted octanol–water partition coefficient (Wildman–Crippen LogP) is 5.87. The summed E-state index contributed by atoms with van der Waals surface area (Å²) in [6.07, 6.45) is 1.79. The summed E-state index contributed by atoms with van der Waals surface area (Å²) in [5.74, 6) is 0.552. The number of methoxy groups -OCH3 is 1. The molecule has 44 heavy (non-hydrogen) atoms. The van der Waals surface area contributed by atoms with E-state index in [0.29, 0.717) is 48.2 Å². The van der Waals surface area contributed by atoms with Crippen molar-refractivity contribution in [1.82, 2.24) is 4.57 Å². The molecular formula is C33H31BrClN3O5S. The molecule has 3 aromatic carbocycles. The molecule has 0 saturated carbocycles. The molecule has 1 aliphatic heterocycles. The molecule has 0 bridgehead atoms. The molecule has 1 unspecified atom stereocenters. The van der Waals surface area contributed by atoms with Crippen LogP contribution in [0.25, 0.3) is 6.08 Å². The normalized spacial score (nSPS) is 14.6.